The van der Waals surface area contributed by atoms with Crippen LogP contribution >= 0.6 is 0 Å². The number of hydrogen-bond donors (Lipinski definition) is 3. The van der Waals surface area contributed by atoms with Gasteiger partial charge in [0, 0.05) is 19.2 Å². The second-order valence-corrected chi connectivity index (χ2v) is 7.99. The Hall–Kier alpha value is -2.95. The molecular formula is C27H38N2O3. The van der Waals surface area contributed by atoms with E-state index in [9.17, 15) is 9.90 Å². The molecule has 0 aromatic heterocycles. The van der Waals surface area contributed by atoms with Crippen molar-refractivity contribution in [1.82, 2.24) is 5.32 Å². The Balaban J connectivity index is 1.90. The quantitative estimate of drug-likeness (QED) is 0.238. The van der Waals surface area contributed by atoms with E-state index in [1.807, 2.05) is 36.4 Å². The summed E-state index contributed by atoms with van der Waals surface area (Å²) in [7, 11) is 0. The maximum absolute atomic E-state index is 12.2. The average molecular weight is 439 g/mol. The van der Waals surface area contributed by atoms with Crippen molar-refractivity contribution in [2.45, 2.75) is 58.8 Å². The van der Waals surface area contributed by atoms with E-state index in [0.29, 0.717) is 19.6 Å². The number of carbonyl (C=O) groups excluding carboxylic acids is 1. The number of nitrogens with one attached hydrogen (secondary N) is 2. The van der Waals surface area contributed by atoms with Crippen LogP contribution in [0.1, 0.15) is 63.5 Å². The summed E-state index contributed by atoms with van der Waals surface area (Å²) in [5.41, 5.74) is 3.01. The van der Waals surface area contributed by atoms with Crippen LogP contribution in [-0.4, -0.2) is 30.7 Å². The molecule has 0 radical (unpaired) electrons. The van der Waals surface area contributed by atoms with Crippen molar-refractivity contribution in [3.05, 3.63) is 59.7 Å². The predicted octanol–water partition coefficient (Wildman–Crippen LogP) is 5.94. The number of unbranched alkanes of at least 4 members (excludes halogenated alkanes) is 4. The highest BCUT2D eigenvalue weighted by atomic mass is 16.5. The number of hydrogen-bond acceptors (Lipinski definition) is 4. The molecule has 2 rings (SSSR count). The maximum Gasteiger partial charge on any atom is 0.244 e. The summed E-state index contributed by atoms with van der Waals surface area (Å²) in [6, 6.07) is 13.1. The van der Waals surface area contributed by atoms with Gasteiger partial charge in [0.2, 0.25) is 5.91 Å². The Morgan fingerprint density at radius 3 is 2.47 bits per heavy atom. The van der Waals surface area contributed by atoms with Crippen LogP contribution in [0.15, 0.2) is 48.5 Å². The van der Waals surface area contributed by atoms with Gasteiger partial charge in [0.15, 0.2) is 0 Å². The molecule has 32 heavy (non-hydrogen) atoms. The Bertz CT molecular complexity index is 831. The van der Waals surface area contributed by atoms with Crippen molar-refractivity contribution < 1.29 is 14.6 Å². The van der Waals surface area contributed by atoms with E-state index in [1.54, 1.807) is 18.2 Å². The molecule has 0 atom stereocenters. The van der Waals surface area contributed by atoms with Crippen LogP contribution in [0.5, 0.6) is 11.5 Å². The number of ether oxygens (including phenoxy) is 1. The molecule has 5 heteroatoms. The largest absolute Gasteiger partial charge is 0.508 e. The molecule has 0 saturated heterocycles. The summed E-state index contributed by atoms with van der Waals surface area (Å²) in [6.07, 6.45) is 11.0. The van der Waals surface area contributed by atoms with Gasteiger partial charge in [0.25, 0.3) is 0 Å². The molecule has 0 fully saturated rings. The highest BCUT2D eigenvalue weighted by molar-refractivity contribution is 5.91. The van der Waals surface area contributed by atoms with Gasteiger partial charge in [-0.1, -0.05) is 57.7 Å². The Labute approximate surface area is 192 Å². The van der Waals surface area contributed by atoms with Gasteiger partial charge in [-0.3, -0.25) is 4.79 Å². The van der Waals surface area contributed by atoms with Gasteiger partial charge in [-0.25, -0.2) is 0 Å². The third-order valence-corrected chi connectivity index (χ3v) is 5.18. The lowest BCUT2D eigenvalue weighted by Gasteiger charge is -2.14. The summed E-state index contributed by atoms with van der Waals surface area (Å²) in [5.74, 6) is 0.958. The van der Waals surface area contributed by atoms with E-state index < -0.39 is 0 Å². The minimum Gasteiger partial charge on any atom is -0.508 e. The lowest BCUT2D eigenvalue weighted by Crippen LogP contribution is -2.23. The molecule has 2 aromatic carbocycles. The average Bonchev–Trinajstić information content (AvgIpc) is 2.80. The molecule has 174 valence electrons. The lowest BCUT2D eigenvalue weighted by molar-refractivity contribution is -0.116. The maximum atomic E-state index is 12.2. The van der Waals surface area contributed by atoms with Crippen molar-refractivity contribution in [2.24, 2.45) is 0 Å². The zero-order valence-corrected chi connectivity index (χ0v) is 19.5. The molecule has 0 aliphatic rings. The number of aromatic hydroxyl groups is 1. The fourth-order valence-electron chi connectivity index (χ4n) is 3.26. The first-order valence-electron chi connectivity index (χ1n) is 11.9. The van der Waals surface area contributed by atoms with Crippen LogP contribution < -0.4 is 15.4 Å². The van der Waals surface area contributed by atoms with Crippen molar-refractivity contribution in [2.75, 3.05) is 25.0 Å². The van der Waals surface area contributed by atoms with E-state index in [-0.39, 0.29) is 11.7 Å². The highest BCUT2D eigenvalue weighted by Gasteiger charge is 2.05. The second kappa shape index (κ2) is 15.0. The Morgan fingerprint density at radius 2 is 1.72 bits per heavy atom. The van der Waals surface area contributed by atoms with Crippen molar-refractivity contribution in [1.29, 1.82) is 0 Å². The number of anilines is 1. The fourth-order valence-corrected chi connectivity index (χ4v) is 3.26. The number of amides is 1. The van der Waals surface area contributed by atoms with Crippen LogP contribution in [0.2, 0.25) is 0 Å². The molecule has 0 spiro atoms. The summed E-state index contributed by atoms with van der Waals surface area (Å²) in [6.45, 7) is 6.55. The van der Waals surface area contributed by atoms with Crippen molar-refractivity contribution >= 4 is 17.7 Å². The predicted molar refractivity (Wildman–Crippen MR) is 133 cm³/mol. The van der Waals surface area contributed by atoms with Gasteiger partial charge in [-0.05, 0) is 60.7 Å². The molecule has 0 aliphatic carbocycles. The van der Waals surface area contributed by atoms with Gasteiger partial charge < -0.3 is 20.5 Å². The molecule has 0 heterocycles. The van der Waals surface area contributed by atoms with Crippen LogP contribution in [-0.2, 0) is 11.2 Å². The minimum atomic E-state index is -0.129. The molecule has 0 saturated carbocycles. The summed E-state index contributed by atoms with van der Waals surface area (Å²) >= 11 is 0. The fraction of sp³-hybridized carbons (Fsp3) is 0.444. The smallest absolute Gasteiger partial charge is 0.244 e. The molecular weight excluding hydrogens is 400 g/mol. The van der Waals surface area contributed by atoms with E-state index >= 15 is 0 Å². The Kier molecular flexibility index (Phi) is 11.8. The van der Waals surface area contributed by atoms with Gasteiger partial charge in [-0.15, -0.1) is 0 Å². The number of rotatable bonds is 15. The minimum absolute atomic E-state index is 0.129. The topological polar surface area (TPSA) is 70.6 Å². The molecule has 0 bridgehead atoms. The zero-order valence-electron chi connectivity index (χ0n) is 19.5. The summed E-state index contributed by atoms with van der Waals surface area (Å²) in [4.78, 5) is 12.2. The van der Waals surface area contributed by atoms with Crippen LogP contribution in [0.25, 0.3) is 6.08 Å². The van der Waals surface area contributed by atoms with Crippen LogP contribution in [0.3, 0.4) is 0 Å². The van der Waals surface area contributed by atoms with E-state index in [2.05, 4.69) is 24.5 Å². The number of phenolic OH excluding ortho intramolecular Hbond substituents is 1. The van der Waals surface area contributed by atoms with E-state index in [0.717, 1.165) is 54.8 Å². The van der Waals surface area contributed by atoms with E-state index in [4.69, 9.17) is 4.74 Å². The third kappa shape index (κ3) is 9.90. The van der Waals surface area contributed by atoms with Crippen LogP contribution in [0, 0.1) is 0 Å². The number of phenols is 1. The first-order valence-corrected chi connectivity index (χ1v) is 11.9. The van der Waals surface area contributed by atoms with Gasteiger partial charge >= 0.3 is 0 Å². The molecule has 2 aromatic rings. The highest BCUT2D eigenvalue weighted by Crippen LogP contribution is 2.27. The standard InChI is InChI=1S/C27H38N2O3/c1-3-5-7-18-28-25-15-11-23(21-26(25)32-20-8-6-4-2)12-16-27(31)29-19-17-22-9-13-24(30)14-10-22/h9-16,21,28,30H,3-8,17-20H2,1-2H3,(H,29,31). The van der Waals surface area contributed by atoms with Gasteiger partial charge in [-0.2, -0.15) is 0 Å². The van der Waals surface area contributed by atoms with Gasteiger partial charge in [0.05, 0.1) is 12.3 Å². The molecule has 0 unspecified atom stereocenters. The molecule has 5 nitrogen and oxygen atoms in total. The monoisotopic (exact) mass is 438 g/mol. The van der Waals surface area contributed by atoms with Crippen molar-refractivity contribution in [3.8, 4) is 11.5 Å². The zero-order chi connectivity index (χ0) is 23.0. The first-order chi connectivity index (χ1) is 15.6. The third-order valence-electron chi connectivity index (χ3n) is 5.18. The second-order valence-electron chi connectivity index (χ2n) is 7.99. The van der Waals surface area contributed by atoms with Gasteiger partial charge in [0.1, 0.15) is 11.5 Å². The first kappa shape index (κ1) is 25.3. The molecule has 1 amide bonds. The summed E-state index contributed by atoms with van der Waals surface area (Å²) < 4.78 is 6.05. The molecule has 3 N–H and O–H groups in total. The molecule has 0 aliphatic heterocycles. The number of carbonyl (C=O) groups is 1. The SMILES string of the molecule is CCCCCNc1ccc(C=CC(=O)NCCc2ccc(O)cc2)cc1OCCCCC. The van der Waals surface area contributed by atoms with E-state index in [1.165, 1.54) is 12.8 Å². The normalized spacial score (nSPS) is 10.9. The number of benzene rings is 2. The lowest BCUT2D eigenvalue weighted by atomic mass is 10.1. The van der Waals surface area contributed by atoms with Crippen molar-refractivity contribution in [3.63, 3.8) is 0 Å². The van der Waals surface area contributed by atoms with Crippen LogP contribution in [0.4, 0.5) is 5.69 Å². The Morgan fingerprint density at radius 1 is 0.969 bits per heavy atom. The summed E-state index contributed by atoms with van der Waals surface area (Å²) in [5, 5.41) is 15.7.